The maximum absolute atomic E-state index is 12.2. The fraction of sp³-hybridized carbons (Fsp3) is 0.562. The van der Waals surface area contributed by atoms with Crippen molar-refractivity contribution in [1.29, 1.82) is 0 Å². The zero-order valence-corrected chi connectivity index (χ0v) is 13.8. The molecule has 1 amide bonds. The lowest BCUT2D eigenvalue weighted by atomic mass is 9.85. The number of anilines is 1. The van der Waals surface area contributed by atoms with Gasteiger partial charge in [-0.1, -0.05) is 29.3 Å². The Hall–Kier alpha value is -0.870. The van der Waals surface area contributed by atoms with Crippen LogP contribution in [0.15, 0.2) is 28.7 Å². The third-order valence-electron chi connectivity index (χ3n) is 4.24. The Bertz CT molecular complexity index is 446. The molecule has 3 nitrogen and oxygen atoms in total. The average Bonchev–Trinajstić information content (AvgIpc) is 2.44. The number of carbonyl (C=O) groups is 1. The first-order chi connectivity index (χ1) is 9.56. The lowest BCUT2D eigenvalue weighted by Crippen LogP contribution is -2.97. The summed E-state index contributed by atoms with van der Waals surface area (Å²) < 4.78 is 1.02. The predicted octanol–water partition coefficient (Wildman–Crippen LogP) is 2.92. The van der Waals surface area contributed by atoms with Crippen LogP contribution >= 0.6 is 15.9 Å². The van der Waals surface area contributed by atoms with Crippen molar-refractivity contribution in [3.8, 4) is 0 Å². The highest BCUT2D eigenvalue weighted by Crippen LogP contribution is 2.21. The molecular weight excluding hydrogens is 316 g/mol. The van der Waals surface area contributed by atoms with E-state index in [4.69, 9.17) is 0 Å². The van der Waals surface area contributed by atoms with Gasteiger partial charge < -0.3 is 10.6 Å². The van der Waals surface area contributed by atoms with Crippen molar-refractivity contribution in [3.05, 3.63) is 28.7 Å². The minimum absolute atomic E-state index is 0.0378. The van der Waals surface area contributed by atoms with E-state index < -0.39 is 0 Å². The number of benzene rings is 1. The molecule has 0 spiro atoms. The van der Waals surface area contributed by atoms with Crippen molar-refractivity contribution in [2.75, 3.05) is 5.32 Å². The zero-order valence-electron chi connectivity index (χ0n) is 12.2. The summed E-state index contributed by atoms with van der Waals surface area (Å²) in [4.78, 5) is 12.2. The third-order valence-corrected chi connectivity index (χ3v) is 4.77. The van der Waals surface area contributed by atoms with Gasteiger partial charge in [0.1, 0.15) is 0 Å². The summed E-state index contributed by atoms with van der Waals surface area (Å²) in [6.07, 6.45) is 5.16. The second-order valence-corrected chi connectivity index (χ2v) is 6.82. The van der Waals surface area contributed by atoms with E-state index in [1.165, 1.54) is 25.7 Å². The molecule has 1 aromatic rings. The van der Waals surface area contributed by atoms with Crippen molar-refractivity contribution in [1.82, 2.24) is 0 Å². The van der Waals surface area contributed by atoms with Crippen LogP contribution in [0.25, 0.3) is 0 Å². The molecule has 20 heavy (non-hydrogen) atoms. The smallest absolute Gasteiger partial charge is 0.282 e. The largest absolute Gasteiger partial charge is 0.334 e. The number of halogens is 1. The summed E-state index contributed by atoms with van der Waals surface area (Å²) in [6.45, 7) is 4.30. The van der Waals surface area contributed by atoms with E-state index in [0.29, 0.717) is 12.0 Å². The summed E-state index contributed by atoms with van der Waals surface area (Å²) in [6, 6.07) is 8.26. The first kappa shape index (κ1) is 15.5. The Balaban J connectivity index is 1.86. The first-order valence-corrected chi connectivity index (χ1v) is 8.27. The van der Waals surface area contributed by atoms with Gasteiger partial charge in [0.05, 0.1) is 6.04 Å². The molecule has 3 atom stereocenters. The normalized spacial score (nSPS) is 24.1. The molecule has 1 aliphatic carbocycles. The van der Waals surface area contributed by atoms with E-state index >= 15 is 0 Å². The quantitative estimate of drug-likeness (QED) is 0.870. The summed E-state index contributed by atoms with van der Waals surface area (Å²) in [5.74, 6) is 0.803. The molecule has 1 aromatic carbocycles. The molecular formula is C16H24BrN2O+. The molecule has 110 valence electrons. The number of nitrogens with two attached hydrogens (primary N) is 1. The van der Waals surface area contributed by atoms with Crippen LogP contribution in [-0.4, -0.2) is 18.0 Å². The average molecular weight is 340 g/mol. The van der Waals surface area contributed by atoms with Gasteiger partial charge in [0.15, 0.2) is 6.04 Å². The Kier molecular flexibility index (Phi) is 5.61. The van der Waals surface area contributed by atoms with E-state index in [-0.39, 0.29) is 11.9 Å². The highest BCUT2D eigenvalue weighted by atomic mass is 79.9. The molecule has 4 heteroatoms. The van der Waals surface area contributed by atoms with Gasteiger partial charge in [-0.05, 0) is 50.5 Å². The monoisotopic (exact) mass is 339 g/mol. The Labute approximate surface area is 129 Å². The molecule has 0 bridgehead atoms. The van der Waals surface area contributed by atoms with Crippen LogP contribution in [0, 0.1) is 5.92 Å². The van der Waals surface area contributed by atoms with Crippen molar-refractivity contribution in [2.24, 2.45) is 5.92 Å². The summed E-state index contributed by atoms with van der Waals surface area (Å²) in [7, 11) is 0. The van der Waals surface area contributed by atoms with E-state index in [1.807, 2.05) is 31.2 Å². The van der Waals surface area contributed by atoms with Crippen LogP contribution in [-0.2, 0) is 4.79 Å². The molecule has 1 fully saturated rings. The van der Waals surface area contributed by atoms with Gasteiger partial charge in [0.2, 0.25) is 0 Å². The second-order valence-electron chi connectivity index (χ2n) is 5.90. The van der Waals surface area contributed by atoms with Crippen LogP contribution in [0.1, 0.15) is 39.5 Å². The Morgan fingerprint density at radius 3 is 2.60 bits per heavy atom. The minimum Gasteiger partial charge on any atom is -0.334 e. The van der Waals surface area contributed by atoms with Gasteiger partial charge in [-0.25, -0.2) is 0 Å². The van der Waals surface area contributed by atoms with Crippen LogP contribution in [0.3, 0.4) is 0 Å². The first-order valence-electron chi connectivity index (χ1n) is 7.47. The molecule has 1 aliphatic rings. The zero-order chi connectivity index (χ0) is 14.5. The van der Waals surface area contributed by atoms with E-state index in [2.05, 4.69) is 33.5 Å². The maximum atomic E-state index is 12.2. The molecule has 0 radical (unpaired) electrons. The number of amides is 1. The number of nitrogens with one attached hydrogen (secondary N) is 1. The third kappa shape index (κ3) is 4.32. The molecule has 0 saturated heterocycles. The predicted molar refractivity (Wildman–Crippen MR) is 85.6 cm³/mol. The Morgan fingerprint density at radius 2 is 1.95 bits per heavy atom. The van der Waals surface area contributed by atoms with Crippen molar-refractivity contribution in [3.63, 3.8) is 0 Å². The lowest BCUT2D eigenvalue weighted by Gasteiger charge is -2.28. The number of quaternary nitrogens is 1. The molecule has 0 aliphatic heterocycles. The minimum atomic E-state index is -0.0378. The van der Waals surface area contributed by atoms with Gasteiger partial charge in [-0.3, -0.25) is 4.79 Å². The molecule has 3 N–H and O–H groups in total. The van der Waals surface area contributed by atoms with Crippen molar-refractivity contribution >= 4 is 27.5 Å². The van der Waals surface area contributed by atoms with E-state index in [1.54, 1.807) is 0 Å². The van der Waals surface area contributed by atoms with Crippen LogP contribution in [0.2, 0.25) is 0 Å². The summed E-state index contributed by atoms with van der Waals surface area (Å²) in [5, 5.41) is 5.23. The van der Waals surface area contributed by atoms with Gasteiger partial charge in [0, 0.05) is 16.1 Å². The van der Waals surface area contributed by atoms with Gasteiger partial charge in [-0.15, -0.1) is 0 Å². The summed E-state index contributed by atoms with van der Waals surface area (Å²) >= 11 is 3.39. The van der Waals surface area contributed by atoms with Crippen LogP contribution in [0.4, 0.5) is 5.69 Å². The topological polar surface area (TPSA) is 45.7 Å². The molecule has 2 rings (SSSR count). The van der Waals surface area contributed by atoms with Crippen molar-refractivity contribution in [2.45, 2.75) is 51.6 Å². The fourth-order valence-electron chi connectivity index (χ4n) is 2.88. The number of rotatable bonds is 4. The van der Waals surface area contributed by atoms with Crippen molar-refractivity contribution < 1.29 is 10.1 Å². The molecule has 1 saturated carbocycles. The summed E-state index contributed by atoms with van der Waals surface area (Å²) in [5.41, 5.74) is 0.857. The fourth-order valence-corrected chi connectivity index (χ4v) is 3.14. The number of hydrogen-bond acceptors (Lipinski definition) is 1. The van der Waals surface area contributed by atoms with Gasteiger partial charge in [-0.2, -0.15) is 0 Å². The lowest BCUT2D eigenvalue weighted by molar-refractivity contribution is -0.714. The molecule has 0 unspecified atom stereocenters. The Morgan fingerprint density at radius 1 is 1.30 bits per heavy atom. The molecule has 0 aromatic heterocycles. The number of carbonyl (C=O) groups excluding carboxylic acids is 1. The van der Waals surface area contributed by atoms with Gasteiger partial charge in [0.25, 0.3) is 5.91 Å². The van der Waals surface area contributed by atoms with E-state index in [9.17, 15) is 4.79 Å². The van der Waals surface area contributed by atoms with Crippen LogP contribution < -0.4 is 10.6 Å². The molecule has 0 heterocycles. The second kappa shape index (κ2) is 7.23. The van der Waals surface area contributed by atoms with E-state index in [0.717, 1.165) is 10.2 Å². The standard InChI is InChI=1S/C16H23BrN2O/c1-11-5-3-4-6-15(11)18-12(2)16(20)19-14-9-7-13(17)8-10-14/h7-12,15,18H,3-6H2,1-2H3,(H,19,20)/p+1/t11-,12+,15+/m1/s1. The highest BCUT2D eigenvalue weighted by molar-refractivity contribution is 9.10. The maximum Gasteiger partial charge on any atom is 0.282 e. The number of hydrogen-bond donors (Lipinski definition) is 2. The highest BCUT2D eigenvalue weighted by Gasteiger charge is 2.28. The van der Waals surface area contributed by atoms with Gasteiger partial charge >= 0.3 is 0 Å². The van der Waals surface area contributed by atoms with Crippen LogP contribution in [0.5, 0.6) is 0 Å². The SMILES string of the molecule is C[C@H]([NH2+][C@H]1CCCC[C@H]1C)C(=O)Nc1ccc(Br)cc1.